The summed E-state index contributed by atoms with van der Waals surface area (Å²) in [6.45, 7) is 6.42. The van der Waals surface area contributed by atoms with Crippen molar-refractivity contribution >= 4 is 23.2 Å². The van der Waals surface area contributed by atoms with Crippen LogP contribution in [0.5, 0.6) is 0 Å². The summed E-state index contributed by atoms with van der Waals surface area (Å²) in [5.41, 5.74) is 2.96. The number of nitrogens with zero attached hydrogens (tertiary/aromatic N) is 4. The number of thiazole rings is 1. The minimum absolute atomic E-state index is 0.0140. The molecule has 7 nitrogen and oxygen atoms in total. The molecule has 1 N–H and O–H groups in total. The van der Waals surface area contributed by atoms with Gasteiger partial charge in [0.1, 0.15) is 0 Å². The number of hydrogen-bond acceptors (Lipinski definition) is 6. The van der Waals surface area contributed by atoms with Gasteiger partial charge in [0.25, 0.3) is 11.8 Å². The predicted octanol–water partition coefficient (Wildman–Crippen LogP) is 4.75. The quantitative estimate of drug-likeness (QED) is 0.416. The lowest BCUT2D eigenvalue weighted by Crippen LogP contribution is -2.59. The van der Waals surface area contributed by atoms with Gasteiger partial charge in [-0.2, -0.15) is 0 Å². The maximum Gasteiger partial charge on any atom is 0.280 e. The van der Waals surface area contributed by atoms with Gasteiger partial charge >= 0.3 is 0 Å². The molecule has 1 aromatic carbocycles. The van der Waals surface area contributed by atoms with Crippen LogP contribution in [0.15, 0.2) is 90.2 Å². The first kappa shape index (κ1) is 26.4. The van der Waals surface area contributed by atoms with Gasteiger partial charge in [-0.15, -0.1) is 11.3 Å². The van der Waals surface area contributed by atoms with Crippen LogP contribution in [0.2, 0.25) is 0 Å². The Morgan fingerprint density at radius 3 is 2.70 bits per heavy atom. The first-order valence-corrected chi connectivity index (χ1v) is 13.5. The topological polar surface area (TPSA) is 78.4 Å². The molecule has 37 heavy (non-hydrogen) atoms. The molecule has 3 aromatic rings. The summed E-state index contributed by atoms with van der Waals surface area (Å²) >= 11 is 1.32. The smallest absolute Gasteiger partial charge is 0.280 e. The van der Waals surface area contributed by atoms with Crippen LogP contribution in [-0.4, -0.2) is 63.8 Å². The molecule has 8 heteroatoms. The van der Waals surface area contributed by atoms with Gasteiger partial charge in [0, 0.05) is 56.2 Å². The summed E-state index contributed by atoms with van der Waals surface area (Å²) in [6.07, 6.45) is 12.3. The molecule has 0 aliphatic carbocycles. The molecular formula is C29H33N5O2S. The van der Waals surface area contributed by atoms with Crippen LogP contribution in [0, 0.1) is 0 Å². The maximum atomic E-state index is 13.3. The van der Waals surface area contributed by atoms with E-state index in [-0.39, 0.29) is 23.9 Å². The molecule has 0 radical (unpaired) electrons. The minimum atomic E-state index is -0.194. The highest BCUT2D eigenvalue weighted by molar-refractivity contribution is 7.11. The van der Waals surface area contributed by atoms with Crippen molar-refractivity contribution in [1.82, 2.24) is 25.1 Å². The van der Waals surface area contributed by atoms with Crippen LogP contribution in [0.25, 0.3) is 0 Å². The Morgan fingerprint density at radius 2 is 2.00 bits per heavy atom. The molecule has 2 aromatic heterocycles. The third kappa shape index (κ3) is 6.78. The molecule has 2 unspecified atom stereocenters. The molecular weight excluding hydrogens is 482 g/mol. The number of nitrogens with one attached hydrogen (secondary N) is 1. The molecule has 3 heterocycles. The number of benzene rings is 1. The highest BCUT2D eigenvalue weighted by atomic mass is 32.1. The highest BCUT2D eigenvalue weighted by Gasteiger charge is 2.35. The second kappa shape index (κ2) is 13.1. The average molecular weight is 516 g/mol. The van der Waals surface area contributed by atoms with E-state index < -0.39 is 0 Å². The number of piperazine rings is 1. The molecule has 0 bridgehead atoms. The molecule has 4 rings (SSSR count). The van der Waals surface area contributed by atoms with Crippen molar-refractivity contribution in [1.29, 1.82) is 0 Å². The fourth-order valence-corrected chi connectivity index (χ4v) is 5.22. The molecule has 2 amide bonds. The third-order valence-corrected chi connectivity index (χ3v) is 7.23. The van der Waals surface area contributed by atoms with Crippen molar-refractivity contribution in [3.05, 3.63) is 106 Å². The van der Waals surface area contributed by atoms with E-state index in [0.29, 0.717) is 36.8 Å². The van der Waals surface area contributed by atoms with Crippen molar-refractivity contribution < 1.29 is 9.59 Å². The number of aromatic nitrogens is 2. The Labute approximate surface area is 222 Å². The van der Waals surface area contributed by atoms with Crippen LogP contribution >= 0.6 is 11.3 Å². The SMILES string of the molecule is CC/C=C\C=C(/C)C(c1ccccc1)N1CCN(C(=O)c2cccnc2)CC1CNC(=O)c1nccs1. The van der Waals surface area contributed by atoms with Gasteiger partial charge in [0.15, 0.2) is 5.01 Å². The lowest BCUT2D eigenvalue weighted by Gasteiger charge is -2.46. The predicted molar refractivity (Wildman–Crippen MR) is 147 cm³/mol. The zero-order chi connectivity index (χ0) is 26.0. The molecule has 1 fully saturated rings. The first-order valence-electron chi connectivity index (χ1n) is 12.6. The van der Waals surface area contributed by atoms with E-state index in [0.717, 1.165) is 6.42 Å². The summed E-state index contributed by atoms with van der Waals surface area (Å²) in [5.74, 6) is -0.238. The first-order chi connectivity index (χ1) is 18.1. The fraction of sp³-hybridized carbons (Fsp3) is 0.310. The van der Waals surface area contributed by atoms with Crippen LogP contribution < -0.4 is 5.32 Å². The standard InChI is InChI=1S/C29H33N5O2S/c1-3-4-6-10-22(2)26(23-11-7-5-8-12-23)34-17-16-33(29(36)24-13-9-14-30-19-24)21-25(34)20-32-27(35)28-31-15-18-37-28/h4-15,18-19,25-26H,3,16-17,20-21H2,1-2H3,(H,32,35)/b6-4-,22-10+. The summed E-state index contributed by atoms with van der Waals surface area (Å²) in [6, 6.07) is 13.9. The van der Waals surface area contributed by atoms with Crippen molar-refractivity contribution in [3.63, 3.8) is 0 Å². The van der Waals surface area contributed by atoms with Crippen molar-refractivity contribution in [2.45, 2.75) is 32.4 Å². The zero-order valence-electron chi connectivity index (χ0n) is 21.3. The van der Waals surface area contributed by atoms with E-state index >= 15 is 0 Å². The van der Waals surface area contributed by atoms with Crippen LogP contribution in [0.1, 0.15) is 52.0 Å². The number of allylic oxidation sites excluding steroid dienone is 3. The lowest BCUT2D eigenvalue weighted by atomic mass is 9.94. The van der Waals surface area contributed by atoms with E-state index in [1.807, 2.05) is 11.0 Å². The largest absolute Gasteiger partial charge is 0.348 e. The number of pyridine rings is 1. The third-order valence-electron chi connectivity index (χ3n) is 6.46. The molecule has 1 aliphatic heterocycles. The fourth-order valence-electron chi connectivity index (χ4n) is 4.67. The lowest BCUT2D eigenvalue weighted by molar-refractivity contribution is 0.0376. The maximum absolute atomic E-state index is 13.3. The van der Waals surface area contributed by atoms with Crippen molar-refractivity contribution in [3.8, 4) is 0 Å². The monoisotopic (exact) mass is 515 g/mol. The Bertz CT molecular complexity index is 1210. The van der Waals surface area contributed by atoms with Gasteiger partial charge in [0.05, 0.1) is 11.6 Å². The average Bonchev–Trinajstić information content (AvgIpc) is 3.49. The second-order valence-corrected chi connectivity index (χ2v) is 9.89. The van der Waals surface area contributed by atoms with Gasteiger partial charge in [-0.25, -0.2) is 4.98 Å². The second-order valence-electron chi connectivity index (χ2n) is 8.99. The summed E-state index contributed by atoms with van der Waals surface area (Å²) in [7, 11) is 0. The summed E-state index contributed by atoms with van der Waals surface area (Å²) < 4.78 is 0. The molecule has 192 valence electrons. The Hall–Kier alpha value is -3.62. The molecule has 0 spiro atoms. The van der Waals surface area contributed by atoms with Crippen LogP contribution in [0.4, 0.5) is 0 Å². The Kier molecular flexibility index (Phi) is 9.35. The van der Waals surface area contributed by atoms with E-state index in [1.165, 1.54) is 22.5 Å². The number of hydrogen-bond donors (Lipinski definition) is 1. The van der Waals surface area contributed by atoms with Gasteiger partial charge in [0.2, 0.25) is 0 Å². The Morgan fingerprint density at radius 1 is 1.16 bits per heavy atom. The summed E-state index contributed by atoms with van der Waals surface area (Å²) in [4.78, 5) is 38.6. The molecule has 0 saturated carbocycles. The van der Waals surface area contributed by atoms with Crippen molar-refractivity contribution in [2.24, 2.45) is 0 Å². The van der Waals surface area contributed by atoms with E-state index in [9.17, 15) is 9.59 Å². The van der Waals surface area contributed by atoms with Gasteiger partial charge in [-0.05, 0) is 31.0 Å². The number of rotatable bonds is 9. The van der Waals surface area contributed by atoms with Gasteiger partial charge in [-0.1, -0.05) is 61.1 Å². The van der Waals surface area contributed by atoms with Gasteiger partial charge < -0.3 is 10.2 Å². The van der Waals surface area contributed by atoms with E-state index in [4.69, 9.17) is 0 Å². The number of carbonyl (C=O) groups excluding carboxylic acids is 2. The summed E-state index contributed by atoms with van der Waals surface area (Å²) in [5, 5.41) is 5.29. The molecule has 1 aliphatic rings. The zero-order valence-corrected chi connectivity index (χ0v) is 22.1. The van der Waals surface area contributed by atoms with E-state index in [1.54, 1.807) is 36.1 Å². The normalized spacial score (nSPS) is 17.6. The van der Waals surface area contributed by atoms with E-state index in [2.05, 4.69) is 76.5 Å². The highest BCUT2D eigenvalue weighted by Crippen LogP contribution is 2.32. The van der Waals surface area contributed by atoms with Crippen molar-refractivity contribution in [2.75, 3.05) is 26.2 Å². The van der Waals surface area contributed by atoms with Gasteiger partial charge in [-0.3, -0.25) is 19.5 Å². The minimum Gasteiger partial charge on any atom is -0.348 e. The van der Waals surface area contributed by atoms with Crippen LogP contribution in [-0.2, 0) is 0 Å². The number of carbonyl (C=O) groups is 2. The molecule has 2 atom stereocenters. The van der Waals surface area contributed by atoms with Crippen LogP contribution in [0.3, 0.4) is 0 Å². The Balaban J connectivity index is 1.63. The number of amides is 2. The molecule has 1 saturated heterocycles.